The first-order valence-corrected chi connectivity index (χ1v) is 12.5. The van der Waals surface area contributed by atoms with E-state index in [2.05, 4.69) is 34.5 Å². The zero-order valence-corrected chi connectivity index (χ0v) is 20.3. The minimum atomic E-state index is 0.596. The van der Waals surface area contributed by atoms with Crippen LogP contribution in [0.5, 0.6) is 5.75 Å². The highest BCUT2D eigenvalue weighted by Gasteiger charge is 2.09. The number of hydrogen-bond donors (Lipinski definition) is 0. The lowest BCUT2D eigenvalue weighted by Gasteiger charge is -2.08. The first-order chi connectivity index (χ1) is 16.3. The number of nitrogens with zero attached hydrogens (tertiary/aromatic N) is 3. The molecule has 1 heterocycles. The minimum Gasteiger partial charge on any atom is -0.496 e. The number of ether oxygens (including phenoxy) is 1. The molecule has 5 heteroatoms. The molecule has 1 aromatic heterocycles. The smallest absolute Gasteiger partial charge is 0.257 e. The minimum absolute atomic E-state index is 0.596. The third-order valence-corrected chi connectivity index (χ3v) is 5.94. The van der Waals surface area contributed by atoms with Gasteiger partial charge in [0, 0.05) is 30.6 Å². The van der Waals surface area contributed by atoms with Crippen molar-refractivity contribution >= 4 is 0 Å². The zero-order chi connectivity index (χ0) is 23.1. The van der Waals surface area contributed by atoms with E-state index in [1.54, 1.807) is 7.11 Å². The fourth-order valence-electron chi connectivity index (χ4n) is 3.96. The van der Waals surface area contributed by atoms with E-state index in [1.807, 2.05) is 36.4 Å². The highest BCUT2D eigenvalue weighted by molar-refractivity contribution is 5.53. The Morgan fingerprint density at radius 3 is 2.24 bits per heavy atom. The molecule has 0 aliphatic heterocycles. The number of benzene rings is 2. The number of unbranched alkanes of at least 4 members (excludes halogenated alkanes) is 8. The SMILES string of the molecule is CCCCCCCCCCCc1noc(-c2ccc(C[N]Cc3ccccc3OC)cc2)n1. The molecule has 5 nitrogen and oxygen atoms in total. The molecule has 3 aromatic rings. The van der Waals surface area contributed by atoms with E-state index >= 15 is 0 Å². The van der Waals surface area contributed by atoms with Gasteiger partial charge in [0.15, 0.2) is 5.82 Å². The summed E-state index contributed by atoms with van der Waals surface area (Å²) in [5.74, 6) is 2.29. The quantitative estimate of drug-likeness (QED) is 0.219. The van der Waals surface area contributed by atoms with E-state index in [0.29, 0.717) is 19.0 Å². The van der Waals surface area contributed by atoms with Crippen LogP contribution >= 0.6 is 0 Å². The van der Waals surface area contributed by atoms with Crippen LogP contribution in [0.15, 0.2) is 53.1 Å². The second kappa shape index (κ2) is 14.5. The van der Waals surface area contributed by atoms with Gasteiger partial charge >= 0.3 is 0 Å². The second-order valence-corrected chi connectivity index (χ2v) is 8.64. The molecule has 0 amide bonds. The normalized spacial score (nSPS) is 11.1. The molecule has 0 spiro atoms. The summed E-state index contributed by atoms with van der Waals surface area (Å²) in [5.41, 5.74) is 3.21. The molecule has 33 heavy (non-hydrogen) atoms. The Labute approximate surface area is 199 Å². The summed E-state index contributed by atoms with van der Waals surface area (Å²) in [6.07, 6.45) is 12.7. The number of methoxy groups -OCH3 is 1. The van der Waals surface area contributed by atoms with Crippen molar-refractivity contribution in [2.45, 2.75) is 84.2 Å². The summed E-state index contributed by atoms with van der Waals surface area (Å²) in [6.45, 7) is 3.56. The van der Waals surface area contributed by atoms with Gasteiger partial charge in [-0.1, -0.05) is 93.8 Å². The maximum Gasteiger partial charge on any atom is 0.257 e. The molecule has 2 aromatic carbocycles. The molecule has 0 saturated carbocycles. The average molecular weight is 449 g/mol. The van der Waals surface area contributed by atoms with Gasteiger partial charge < -0.3 is 9.26 Å². The Balaban J connectivity index is 1.36. The van der Waals surface area contributed by atoms with Crippen molar-refractivity contribution in [2.75, 3.05) is 7.11 Å². The molecular weight excluding hydrogens is 410 g/mol. The topological polar surface area (TPSA) is 62.2 Å². The molecule has 3 rings (SSSR count). The molecule has 0 unspecified atom stereocenters. The summed E-state index contributed by atoms with van der Waals surface area (Å²) in [4.78, 5) is 4.58. The van der Waals surface area contributed by atoms with Crippen LogP contribution in [0.3, 0.4) is 0 Å². The summed E-state index contributed by atoms with van der Waals surface area (Å²) in [5, 5.41) is 8.83. The fourth-order valence-corrected chi connectivity index (χ4v) is 3.96. The molecule has 177 valence electrons. The van der Waals surface area contributed by atoms with Gasteiger partial charge in [0.2, 0.25) is 0 Å². The first-order valence-electron chi connectivity index (χ1n) is 12.5. The number of aryl methyl sites for hydroxylation is 1. The number of aromatic nitrogens is 2. The van der Waals surface area contributed by atoms with Gasteiger partial charge in [0.1, 0.15) is 5.75 Å². The van der Waals surface area contributed by atoms with Crippen molar-refractivity contribution in [1.82, 2.24) is 15.5 Å². The van der Waals surface area contributed by atoms with Crippen molar-refractivity contribution in [2.24, 2.45) is 0 Å². The van der Waals surface area contributed by atoms with Gasteiger partial charge in [-0.25, -0.2) is 5.32 Å². The standard InChI is InChI=1S/C28H38N3O2/c1-3-4-5-6-7-8-9-10-11-16-27-30-28(33-31-27)24-19-17-23(18-20-24)21-29-22-25-14-12-13-15-26(25)32-2/h12-15,17-20H,3-11,16,21-22H2,1-2H3. The predicted molar refractivity (Wildman–Crippen MR) is 133 cm³/mol. The van der Waals surface area contributed by atoms with Crippen LogP contribution in [-0.2, 0) is 19.5 Å². The molecule has 1 radical (unpaired) electrons. The highest BCUT2D eigenvalue weighted by Crippen LogP contribution is 2.20. The van der Waals surface area contributed by atoms with Crippen LogP contribution in [0.2, 0.25) is 0 Å². The Morgan fingerprint density at radius 2 is 1.52 bits per heavy atom. The lowest BCUT2D eigenvalue weighted by atomic mass is 10.1. The predicted octanol–water partition coefficient (Wildman–Crippen LogP) is 7.12. The van der Waals surface area contributed by atoms with Gasteiger partial charge in [-0.3, -0.25) is 0 Å². The summed E-state index contributed by atoms with van der Waals surface area (Å²) >= 11 is 0. The molecule has 0 aliphatic carbocycles. The number of para-hydroxylation sites is 1. The van der Waals surface area contributed by atoms with Crippen LogP contribution in [0.4, 0.5) is 0 Å². The van der Waals surface area contributed by atoms with E-state index in [4.69, 9.17) is 9.26 Å². The summed E-state index contributed by atoms with van der Waals surface area (Å²) < 4.78 is 10.9. The van der Waals surface area contributed by atoms with Crippen molar-refractivity contribution in [3.05, 3.63) is 65.5 Å². The molecule has 0 fully saturated rings. The Morgan fingerprint density at radius 1 is 0.818 bits per heavy atom. The Kier molecular flexibility index (Phi) is 11.0. The van der Waals surface area contributed by atoms with Crippen LogP contribution in [0.25, 0.3) is 11.5 Å². The van der Waals surface area contributed by atoms with E-state index in [-0.39, 0.29) is 0 Å². The van der Waals surface area contributed by atoms with Gasteiger partial charge in [-0.15, -0.1) is 0 Å². The third-order valence-electron chi connectivity index (χ3n) is 5.94. The van der Waals surface area contributed by atoms with Crippen molar-refractivity contribution in [1.29, 1.82) is 0 Å². The maximum atomic E-state index is 5.49. The monoisotopic (exact) mass is 448 g/mol. The van der Waals surface area contributed by atoms with Crippen LogP contribution in [-0.4, -0.2) is 17.3 Å². The van der Waals surface area contributed by atoms with Crippen molar-refractivity contribution in [3.63, 3.8) is 0 Å². The van der Waals surface area contributed by atoms with E-state index < -0.39 is 0 Å². The molecule has 0 N–H and O–H groups in total. The van der Waals surface area contributed by atoms with Crippen LogP contribution < -0.4 is 10.1 Å². The highest BCUT2D eigenvalue weighted by atomic mass is 16.5. The molecule has 0 bridgehead atoms. The zero-order valence-electron chi connectivity index (χ0n) is 20.3. The van der Waals surface area contributed by atoms with Crippen molar-refractivity contribution in [3.8, 4) is 17.2 Å². The van der Waals surface area contributed by atoms with Gasteiger partial charge in [0.25, 0.3) is 5.89 Å². The molecular formula is C28H38N3O2. The van der Waals surface area contributed by atoms with Crippen LogP contribution in [0.1, 0.15) is 81.7 Å². The van der Waals surface area contributed by atoms with Crippen LogP contribution in [0, 0.1) is 0 Å². The van der Waals surface area contributed by atoms with Gasteiger partial charge in [-0.2, -0.15) is 4.98 Å². The van der Waals surface area contributed by atoms with E-state index in [0.717, 1.165) is 41.1 Å². The summed E-state index contributed by atoms with van der Waals surface area (Å²) in [7, 11) is 1.69. The van der Waals surface area contributed by atoms with Gasteiger partial charge in [-0.05, 0) is 30.2 Å². The number of rotatable bonds is 16. The molecule has 0 atom stereocenters. The van der Waals surface area contributed by atoms with E-state index in [1.165, 1.54) is 51.4 Å². The fraction of sp³-hybridized carbons (Fsp3) is 0.500. The average Bonchev–Trinajstić information content (AvgIpc) is 3.33. The first kappa shape index (κ1) is 25.0. The second-order valence-electron chi connectivity index (χ2n) is 8.64. The van der Waals surface area contributed by atoms with E-state index in [9.17, 15) is 0 Å². The third kappa shape index (κ3) is 8.65. The largest absolute Gasteiger partial charge is 0.496 e. The summed E-state index contributed by atoms with van der Waals surface area (Å²) in [6, 6.07) is 16.2. The maximum absolute atomic E-state index is 5.49. The number of hydrogen-bond acceptors (Lipinski definition) is 4. The lowest BCUT2D eigenvalue weighted by Crippen LogP contribution is -2.06. The Bertz CT molecular complexity index is 921. The lowest BCUT2D eigenvalue weighted by molar-refractivity contribution is 0.407. The van der Waals surface area contributed by atoms with Crippen molar-refractivity contribution < 1.29 is 9.26 Å². The molecule has 0 aliphatic rings. The Hall–Kier alpha value is -2.66. The molecule has 0 saturated heterocycles. The van der Waals surface area contributed by atoms with Gasteiger partial charge in [0.05, 0.1) is 7.11 Å².